The number of amides is 1. The lowest BCUT2D eigenvalue weighted by molar-refractivity contribution is 0.0794. The van der Waals surface area contributed by atoms with Crippen molar-refractivity contribution in [2.45, 2.75) is 6.92 Å². The molecular formula is C24H25N3O4. The van der Waals surface area contributed by atoms with Crippen LogP contribution in [0.25, 0.3) is 11.3 Å². The summed E-state index contributed by atoms with van der Waals surface area (Å²) >= 11 is 0. The molecule has 2 aromatic carbocycles. The Morgan fingerprint density at radius 3 is 2.29 bits per heavy atom. The van der Waals surface area contributed by atoms with E-state index >= 15 is 0 Å². The Balaban J connectivity index is 1.76. The zero-order valence-electron chi connectivity index (χ0n) is 18.0. The van der Waals surface area contributed by atoms with Crippen LogP contribution in [-0.2, 0) is 0 Å². The third kappa shape index (κ3) is 5.60. The summed E-state index contributed by atoms with van der Waals surface area (Å²) in [4.78, 5) is 17.3. The van der Waals surface area contributed by atoms with Crippen LogP contribution in [0.1, 0.15) is 23.0 Å². The van der Waals surface area contributed by atoms with E-state index in [4.69, 9.17) is 14.2 Å². The maximum absolute atomic E-state index is 12.8. The number of ether oxygens (including phenoxy) is 3. The molecule has 1 amide bonds. The number of carbonyl (C=O) groups excluding carboxylic acids is 1. The van der Waals surface area contributed by atoms with Gasteiger partial charge in [0.25, 0.3) is 5.91 Å². The SMILES string of the molecule is CCOc1ccc(-c2cccc(C(=O)N(C)N=Cc3cc(OC)cc(OC)c3)n2)cc1. The molecule has 0 fully saturated rings. The lowest BCUT2D eigenvalue weighted by Crippen LogP contribution is -2.22. The van der Waals surface area contributed by atoms with Gasteiger partial charge in [0.2, 0.25) is 0 Å². The second-order valence-corrected chi connectivity index (χ2v) is 6.58. The van der Waals surface area contributed by atoms with Gasteiger partial charge in [-0.1, -0.05) is 6.07 Å². The minimum absolute atomic E-state index is 0.300. The van der Waals surface area contributed by atoms with Gasteiger partial charge in [0.1, 0.15) is 22.9 Å². The zero-order chi connectivity index (χ0) is 22.2. The van der Waals surface area contributed by atoms with Gasteiger partial charge in [-0.2, -0.15) is 5.10 Å². The molecule has 31 heavy (non-hydrogen) atoms. The number of rotatable bonds is 8. The van der Waals surface area contributed by atoms with Crippen LogP contribution in [-0.4, -0.2) is 50.0 Å². The maximum atomic E-state index is 12.8. The molecule has 7 heteroatoms. The summed E-state index contributed by atoms with van der Waals surface area (Å²) < 4.78 is 16.0. The van der Waals surface area contributed by atoms with Crippen molar-refractivity contribution in [2.75, 3.05) is 27.9 Å². The number of pyridine rings is 1. The molecule has 0 unspecified atom stereocenters. The van der Waals surface area contributed by atoms with Crippen molar-refractivity contribution in [3.8, 4) is 28.5 Å². The average Bonchev–Trinajstić information content (AvgIpc) is 2.82. The summed E-state index contributed by atoms with van der Waals surface area (Å²) in [5, 5.41) is 5.49. The van der Waals surface area contributed by atoms with E-state index in [1.165, 1.54) is 5.01 Å². The van der Waals surface area contributed by atoms with E-state index in [2.05, 4.69) is 10.1 Å². The van der Waals surface area contributed by atoms with Crippen molar-refractivity contribution in [1.29, 1.82) is 0 Å². The number of aromatic nitrogens is 1. The number of carbonyl (C=O) groups is 1. The van der Waals surface area contributed by atoms with E-state index < -0.39 is 0 Å². The van der Waals surface area contributed by atoms with E-state index in [1.54, 1.807) is 57.8 Å². The van der Waals surface area contributed by atoms with E-state index in [-0.39, 0.29) is 5.91 Å². The Bertz CT molecular complexity index is 1040. The highest BCUT2D eigenvalue weighted by molar-refractivity contribution is 5.93. The predicted octanol–water partition coefficient (Wildman–Crippen LogP) is 4.27. The molecule has 3 rings (SSSR count). The Kier molecular flexibility index (Phi) is 7.22. The summed E-state index contributed by atoms with van der Waals surface area (Å²) in [7, 11) is 4.74. The van der Waals surface area contributed by atoms with Crippen LogP contribution in [0, 0.1) is 0 Å². The van der Waals surface area contributed by atoms with Gasteiger partial charge in [-0.05, 0) is 55.5 Å². The molecule has 1 heterocycles. The standard InChI is InChI=1S/C24H25N3O4/c1-5-31-19-11-9-18(10-12-19)22-7-6-8-23(26-22)24(28)27(2)25-16-17-13-20(29-3)15-21(14-17)30-4/h6-16H,5H2,1-4H3. The largest absolute Gasteiger partial charge is 0.497 e. The summed E-state index contributed by atoms with van der Waals surface area (Å²) in [6.07, 6.45) is 1.57. The first-order valence-corrected chi connectivity index (χ1v) is 9.79. The molecule has 0 aliphatic heterocycles. The quantitative estimate of drug-likeness (QED) is 0.403. The van der Waals surface area contributed by atoms with E-state index in [0.717, 1.165) is 16.9 Å². The molecule has 0 aliphatic carbocycles. The molecule has 0 saturated carbocycles. The van der Waals surface area contributed by atoms with Crippen LogP contribution in [0.5, 0.6) is 17.2 Å². The topological polar surface area (TPSA) is 73.2 Å². The van der Waals surface area contributed by atoms with E-state index in [0.29, 0.717) is 29.5 Å². The van der Waals surface area contributed by atoms with Crippen molar-refractivity contribution in [1.82, 2.24) is 9.99 Å². The Morgan fingerprint density at radius 1 is 1.00 bits per heavy atom. The molecule has 0 radical (unpaired) electrons. The minimum atomic E-state index is -0.320. The fraction of sp³-hybridized carbons (Fsp3) is 0.208. The maximum Gasteiger partial charge on any atom is 0.292 e. The van der Waals surface area contributed by atoms with Crippen molar-refractivity contribution in [2.24, 2.45) is 5.10 Å². The van der Waals surface area contributed by atoms with Gasteiger partial charge >= 0.3 is 0 Å². The molecule has 7 nitrogen and oxygen atoms in total. The van der Waals surface area contributed by atoms with Crippen molar-refractivity contribution in [3.63, 3.8) is 0 Å². The van der Waals surface area contributed by atoms with Crippen LogP contribution < -0.4 is 14.2 Å². The van der Waals surface area contributed by atoms with Gasteiger partial charge in [0, 0.05) is 24.2 Å². The number of hydrogen-bond donors (Lipinski definition) is 0. The fourth-order valence-electron chi connectivity index (χ4n) is 2.88. The van der Waals surface area contributed by atoms with Crippen molar-refractivity contribution < 1.29 is 19.0 Å². The molecule has 0 atom stereocenters. The molecule has 3 aromatic rings. The van der Waals surface area contributed by atoms with Gasteiger partial charge in [0.05, 0.1) is 32.7 Å². The van der Waals surface area contributed by atoms with Gasteiger partial charge in [-0.15, -0.1) is 0 Å². The summed E-state index contributed by atoms with van der Waals surface area (Å²) in [6, 6.07) is 18.3. The summed E-state index contributed by atoms with van der Waals surface area (Å²) in [6.45, 7) is 2.55. The predicted molar refractivity (Wildman–Crippen MR) is 120 cm³/mol. The highest BCUT2D eigenvalue weighted by atomic mass is 16.5. The first-order chi connectivity index (χ1) is 15.0. The first kappa shape index (κ1) is 21.8. The third-order valence-electron chi connectivity index (χ3n) is 4.48. The highest BCUT2D eigenvalue weighted by Crippen LogP contribution is 2.22. The molecule has 0 saturated heterocycles. The Labute approximate surface area is 181 Å². The van der Waals surface area contributed by atoms with Gasteiger partial charge in [-0.3, -0.25) is 4.79 Å². The molecule has 160 valence electrons. The second-order valence-electron chi connectivity index (χ2n) is 6.58. The average molecular weight is 419 g/mol. The summed E-state index contributed by atoms with van der Waals surface area (Å²) in [5.74, 6) is 1.75. The van der Waals surface area contributed by atoms with Crippen molar-refractivity contribution >= 4 is 12.1 Å². The van der Waals surface area contributed by atoms with Gasteiger partial charge in [0.15, 0.2) is 0 Å². The van der Waals surface area contributed by atoms with Crippen molar-refractivity contribution in [3.05, 3.63) is 71.9 Å². The van der Waals surface area contributed by atoms with E-state index in [1.807, 2.05) is 37.3 Å². The fourth-order valence-corrected chi connectivity index (χ4v) is 2.88. The minimum Gasteiger partial charge on any atom is -0.497 e. The van der Waals surface area contributed by atoms with Crippen LogP contribution in [0.2, 0.25) is 0 Å². The lowest BCUT2D eigenvalue weighted by Gasteiger charge is -2.12. The highest BCUT2D eigenvalue weighted by Gasteiger charge is 2.13. The van der Waals surface area contributed by atoms with Gasteiger partial charge in [-0.25, -0.2) is 9.99 Å². The normalized spacial score (nSPS) is 10.7. The lowest BCUT2D eigenvalue weighted by atomic mass is 10.1. The molecule has 0 N–H and O–H groups in total. The Hall–Kier alpha value is -3.87. The summed E-state index contributed by atoms with van der Waals surface area (Å²) in [5.41, 5.74) is 2.64. The number of methoxy groups -OCH3 is 2. The number of hydrazone groups is 1. The van der Waals surface area contributed by atoms with Crippen LogP contribution in [0.15, 0.2) is 65.8 Å². The Morgan fingerprint density at radius 2 is 1.68 bits per heavy atom. The smallest absolute Gasteiger partial charge is 0.292 e. The molecule has 0 spiro atoms. The third-order valence-corrected chi connectivity index (χ3v) is 4.48. The van der Waals surface area contributed by atoms with Crippen LogP contribution >= 0.6 is 0 Å². The molecule has 1 aromatic heterocycles. The molecular weight excluding hydrogens is 394 g/mol. The van der Waals surface area contributed by atoms with Gasteiger partial charge < -0.3 is 14.2 Å². The second kappa shape index (κ2) is 10.2. The molecule has 0 bridgehead atoms. The van der Waals surface area contributed by atoms with Crippen LogP contribution in [0.3, 0.4) is 0 Å². The molecule has 0 aliphatic rings. The number of nitrogens with zero attached hydrogens (tertiary/aromatic N) is 3. The first-order valence-electron chi connectivity index (χ1n) is 9.79. The monoisotopic (exact) mass is 419 g/mol. The number of benzene rings is 2. The van der Waals surface area contributed by atoms with Crippen LogP contribution in [0.4, 0.5) is 0 Å². The zero-order valence-corrected chi connectivity index (χ0v) is 18.0. The van der Waals surface area contributed by atoms with E-state index in [9.17, 15) is 4.79 Å². The number of hydrogen-bond acceptors (Lipinski definition) is 6.